The van der Waals surface area contributed by atoms with Crippen LogP contribution in [-0.2, 0) is 22.9 Å². The lowest BCUT2D eigenvalue weighted by Gasteiger charge is -2.36. The molecule has 2 saturated heterocycles. The Bertz CT molecular complexity index is 1370. The van der Waals surface area contributed by atoms with Crippen molar-refractivity contribution < 1.29 is 13.2 Å². The van der Waals surface area contributed by atoms with Crippen LogP contribution in [0.3, 0.4) is 0 Å². The highest BCUT2D eigenvalue weighted by Crippen LogP contribution is 2.39. The average molecular weight is 526 g/mol. The molecule has 2 fully saturated rings. The van der Waals surface area contributed by atoms with Crippen molar-refractivity contribution in [2.75, 3.05) is 44.2 Å². The van der Waals surface area contributed by atoms with Crippen molar-refractivity contribution in [3.63, 3.8) is 0 Å². The predicted octanol–water partition coefficient (Wildman–Crippen LogP) is 3.71. The summed E-state index contributed by atoms with van der Waals surface area (Å²) in [5, 5.41) is 1.21. The Kier molecular flexibility index (Phi) is 6.43. The average Bonchev–Trinajstić information content (AvgIpc) is 3.32. The van der Waals surface area contributed by atoms with Crippen molar-refractivity contribution in [3.8, 4) is 0 Å². The van der Waals surface area contributed by atoms with Crippen molar-refractivity contribution in [2.24, 2.45) is 0 Å². The van der Waals surface area contributed by atoms with Gasteiger partial charge in [0.25, 0.3) is 5.91 Å². The zero-order valence-corrected chi connectivity index (χ0v) is 22.0. The fraction of sp³-hybridized carbons (Fsp3) is 0.500. The Morgan fingerprint density at radius 3 is 2.31 bits per heavy atom. The number of anilines is 1. The normalized spacial score (nSPS) is 19.4. The van der Waals surface area contributed by atoms with E-state index in [0.717, 1.165) is 42.8 Å². The summed E-state index contributed by atoms with van der Waals surface area (Å²) in [4.78, 5) is 29.3. The second-order valence-corrected chi connectivity index (χ2v) is 12.9. The predicted molar refractivity (Wildman–Crippen MR) is 141 cm³/mol. The van der Waals surface area contributed by atoms with Crippen LogP contribution in [0.1, 0.15) is 52.9 Å². The number of carbonyl (C=O) groups is 1. The van der Waals surface area contributed by atoms with Crippen molar-refractivity contribution >= 4 is 43.3 Å². The molecule has 0 bridgehead atoms. The van der Waals surface area contributed by atoms with Crippen LogP contribution in [0.2, 0.25) is 0 Å². The van der Waals surface area contributed by atoms with Crippen LogP contribution in [-0.4, -0.2) is 72.8 Å². The summed E-state index contributed by atoms with van der Waals surface area (Å²) in [5.74, 6) is 0.941. The molecule has 6 rings (SSSR count). The second-order valence-electron chi connectivity index (χ2n) is 9.86. The Hall–Kier alpha value is -2.56. The number of rotatable bonds is 4. The van der Waals surface area contributed by atoms with Crippen LogP contribution in [0, 0.1) is 0 Å². The molecule has 1 amide bonds. The Labute approximate surface area is 216 Å². The van der Waals surface area contributed by atoms with Gasteiger partial charge in [-0.15, -0.1) is 11.3 Å². The standard InChI is InChI=1S/C26H31N5O3S2/c32-26(19-8-10-20(11-9-19)36(33,34)31-12-4-1-5-13-31)30-16-14-29(15-17-30)24-23-21-6-2-3-7-22(21)35-25(23)28-18-27-24/h8-11,18H,1-7,12-17H2. The number of thiophene rings is 1. The SMILES string of the molecule is O=C(c1ccc(S(=O)(=O)N2CCCCC2)cc1)N1CCN(c2ncnc3sc4c(c23)CCCC4)CC1. The lowest BCUT2D eigenvalue weighted by molar-refractivity contribution is 0.0746. The molecular weight excluding hydrogens is 494 g/mol. The van der Waals surface area contributed by atoms with E-state index in [9.17, 15) is 13.2 Å². The smallest absolute Gasteiger partial charge is 0.253 e. The van der Waals surface area contributed by atoms with Gasteiger partial charge in [0.1, 0.15) is 17.0 Å². The van der Waals surface area contributed by atoms with Crippen LogP contribution in [0.25, 0.3) is 10.2 Å². The summed E-state index contributed by atoms with van der Waals surface area (Å²) in [5.41, 5.74) is 1.95. The molecule has 190 valence electrons. The molecule has 0 spiro atoms. The van der Waals surface area contributed by atoms with Gasteiger partial charge in [0.15, 0.2) is 0 Å². The van der Waals surface area contributed by atoms with E-state index >= 15 is 0 Å². The molecule has 0 N–H and O–H groups in total. The maximum Gasteiger partial charge on any atom is 0.253 e. The number of piperazine rings is 1. The van der Waals surface area contributed by atoms with Crippen LogP contribution in [0.15, 0.2) is 35.5 Å². The number of amides is 1. The molecule has 0 unspecified atom stereocenters. The highest BCUT2D eigenvalue weighted by molar-refractivity contribution is 7.89. The van der Waals surface area contributed by atoms with Crippen molar-refractivity contribution in [2.45, 2.75) is 49.8 Å². The molecule has 8 nitrogen and oxygen atoms in total. The molecule has 2 aliphatic heterocycles. The molecule has 0 radical (unpaired) electrons. The molecule has 0 saturated carbocycles. The molecule has 1 aliphatic carbocycles. The minimum absolute atomic E-state index is 0.0580. The Morgan fingerprint density at radius 2 is 1.56 bits per heavy atom. The molecular formula is C26H31N5O3S2. The van der Waals surface area contributed by atoms with E-state index in [1.807, 2.05) is 4.90 Å². The van der Waals surface area contributed by atoms with Gasteiger partial charge < -0.3 is 9.80 Å². The summed E-state index contributed by atoms with van der Waals surface area (Å²) in [6.45, 7) is 3.77. The first kappa shape index (κ1) is 23.8. The first-order chi connectivity index (χ1) is 17.5. The summed E-state index contributed by atoms with van der Waals surface area (Å²) in [7, 11) is -3.50. The number of hydrogen-bond acceptors (Lipinski definition) is 7. The molecule has 36 heavy (non-hydrogen) atoms. The number of aryl methyl sites for hydroxylation is 2. The van der Waals surface area contributed by atoms with Gasteiger partial charge in [-0.3, -0.25) is 4.79 Å². The molecule has 3 aromatic rings. The number of nitrogens with zero attached hydrogens (tertiary/aromatic N) is 5. The van der Waals surface area contributed by atoms with Gasteiger partial charge in [-0.1, -0.05) is 6.42 Å². The summed E-state index contributed by atoms with van der Waals surface area (Å²) in [6, 6.07) is 6.45. The van der Waals surface area contributed by atoms with E-state index in [4.69, 9.17) is 0 Å². The van der Waals surface area contributed by atoms with E-state index in [-0.39, 0.29) is 10.8 Å². The quantitative estimate of drug-likeness (QED) is 0.516. The lowest BCUT2D eigenvalue weighted by atomic mass is 9.97. The monoisotopic (exact) mass is 525 g/mol. The maximum atomic E-state index is 13.2. The minimum atomic E-state index is -3.50. The second kappa shape index (κ2) is 9.72. The van der Waals surface area contributed by atoms with E-state index in [1.54, 1.807) is 46.2 Å². The van der Waals surface area contributed by atoms with Gasteiger partial charge >= 0.3 is 0 Å². The third-order valence-corrected chi connectivity index (χ3v) is 10.8. The molecule has 0 atom stereocenters. The number of piperidine rings is 1. The number of aromatic nitrogens is 2. The number of hydrogen-bond donors (Lipinski definition) is 0. The Morgan fingerprint density at radius 1 is 0.833 bits per heavy atom. The minimum Gasteiger partial charge on any atom is -0.352 e. The molecule has 1 aromatic carbocycles. The largest absolute Gasteiger partial charge is 0.352 e. The molecule has 10 heteroatoms. The highest BCUT2D eigenvalue weighted by atomic mass is 32.2. The van der Waals surface area contributed by atoms with Gasteiger partial charge in [0.2, 0.25) is 10.0 Å². The first-order valence-electron chi connectivity index (χ1n) is 12.9. The maximum absolute atomic E-state index is 13.2. The van der Waals surface area contributed by atoms with E-state index < -0.39 is 10.0 Å². The molecule has 2 aromatic heterocycles. The van der Waals surface area contributed by atoms with Crippen molar-refractivity contribution in [1.82, 2.24) is 19.2 Å². The van der Waals surface area contributed by atoms with Gasteiger partial charge in [0, 0.05) is 49.7 Å². The van der Waals surface area contributed by atoms with Crippen LogP contribution in [0.5, 0.6) is 0 Å². The van der Waals surface area contributed by atoms with E-state index in [0.29, 0.717) is 44.8 Å². The van der Waals surface area contributed by atoms with E-state index in [1.165, 1.54) is 28.7 Å². The fourth-order valence-electron chi connectivity index (χ4n) is 5.64. The summed E-state index contributed by atoms with van der Waals surface area (Å²) in [6.07, 6.45) is 9.23. The van der Waals surface area contributed by atoms with Crippen molar-refractivity contribution in [3.05, 3.63) is 46.6 Å². The molecule has 4 heterocycles. The van der Waals surface area contributed by atoms with Gasteiger partial charge in [-0.25, -0.2) is 18.4 Å². The number of fused-ring (bicyclic) bond motifs is 3. The summed E-state index contributed by atoms with van der Waals surface area (Å²) < 4.78 is 27.4. The summed E-state index contributed by atoms with van der Waals surface area (Å²) >= 11 is 1.80. The van der Waals surface area contributed by atoms with Crippen LogP contribution in [0.4, 0.5) is 5.82 Å². The fourth-order valence-corrected chi connectivity index (χ4v) is 8.38. The zero-order chi connectivity index (χ0) is 24.7. The third-order valence-electron chi connectivity index (χ3n) is 7.65. The molecule has 3 aliphatic rings. The number of carbonyl (C=O) groups excluding carboxylic acids is 1. The topological polar surface area (TPSA) is 86.7 Å². The van der Waals surface area contributed by atoms with Gasteiger partial charge in [-0.2, -0.15) is 4.31 Å². The number of sulfonamides is 1. The van der Waals surface area contributed by atoms with Gasteiger partial charge in [-0.05, 0) is 68.4 Å². The van der Waals surface area contributed by atoms with Crippen LogP contribution < -0.4 is 4.90 Å². The third kappa shape index (κ3) is 4.29. The Balaban J connectivity index is 1.14. The first-order valence-corrected chi connectivity index (χ1v) is 15.2. The van der Waals surface area contributed by atoms with Crippen LogP contribution >= 0.6 is 11.3 Å². The highest BCUT2D eigenvalue weighted by Gasteiger charge is 2.29. The lowest BCUT2D eigenvalue weighted by Crippen LogP contribution is -2.49. The van der Waals surface area contributed by atoms with E-state index in [2.05, 4.69) is 14.9 Å². The van der Waals surface area contributed by atoms with Gasteiger partial charge in [0.05, 0.1) is 10.3 Å². The zero-order valence-electron chi connectivity index (χ0n) is 20.4. The number of benzene rings is 1. The van der Waals surface area contributed by atoms with Crippen molar-refractivity contribution in [1.29, 1.82) is 0 Å².